The second-order valence-corrected chi connectivity index (χ2v) is 3.95. The Morgan fingerprint density at radius 3 is 2.46 bits per heavy atom. The average molecular weight is 194 g/mol. The van der Waals surface area contributed by atoms with Gasteiger partial charge in [0.15, 0.2) is 0 Å². The standard InChI is InChI=1S/C9H10N2OS/c10-5-6-13(12)9-3-1-8(7-11)2-4-9/h1-4H,6-7,11H2. The Balaban J connectivity index is 2.81. The Morgan fingerprint density at radius 2 is 2.00 bits per heavy atom. The summed E-state index contributed by atoms with van der Waals surface area (Å²) in [6.45, 7) is 0.477. The van der Waals surface area contributed by atoms with E-state index in [2.05, 4.69) is 0 Å². The molecule has 0 heterocycles. The van der Waals surface area contributed by atoms with Crippen LogP contribution in [0.5, 0.6) is 0 Å². The van der Waals surface area contributed by atoms with Crippen LogP contribution in [0.3, 0.4) is 0 Å². The normalized spacial score (nSPS) is 12.0. The van der Waals surface area contributed by atoms with Gasteiger partial charge in [-0.25, -0.2) is 0 Å². The molecule has 1 unspecified atom stereocenters. The van der Waals surface area contributed by atoms with E-state index in [0.717, 1.165) is 5.56 Å². The topological polar surface area (TPSA) is 66.9 Å². The third-order valence-electron chi connectivity index (χ3n) is 1.62. The fraction of sp³-hybridized carbons (Fsp3) is 0.222. The van der Waals surface area contributed by atoms with Gasteiger partial charge in [-0.05, 0) is 17.7 Å². The van der Waals surface area contributed by atoms with Gasteiger partial charge in [0.1, 0.15) is 5.75 Å². The highest BCUT2D eigenvalue weighted by Gasteiger charge is 2.01. The maximum Gasteiger partial charge on any atom is 0.115 e. The second kappa shape index (κ2) is 4.75. The predicted octanol–water partition coefficient (Wildman–Crippen LogP) is 0.776. The van der Waals surface area contributed by atoms with Crippen molar-refractivity contribution in [3.63, 3.8) is 0 Å². The van der Waals surface area contributed by atoms with Gasteiger partial charge in [0, 0.05) is 11.4 Å². The van der Waals surface area contributed by atoms with Crippen LogP contribution >= 0.6 is 0 Å². The highest BCUT2D eigenvalue weighted by atomic mass is 32.2. The Labute approximate surface area is 79.6 Å². The summed E-state index contributed by atoms with van der Waals surface area (Å²) in [5.41, 5.74) is 6.40. The lowest BCUT2D eigenvalue weighted by Crippen LogP contribution is -1.98. The first kappa shape index (κ1) is 9.90. The molecule has 1 atom stereocenters. The van der Waals surface area contributed by atoms with E-state index in [1.807, 2.05) is 18.2 Å². The van der Waals surface area contributed by atoms with Crippen molar-refractivity contribution in [2.24, 2.45) is 5.73 Å². The molecule has 0 fully saturated rings. The third kappa shape index (κ3) is 2.65. The van der Waals surface area contributed by atoms with Crippen LogP contribution in [0.2, 0.25) is 0 Å². The van der Waals surface area contributed by atoms with E-state index in [-0.39, 0.29) is 5.75 Å². The quantitative estimate of drug-likeness (QED) is 0.773. The summed E-state index contributed by atoms with van der Waals surface area (Å²) >= 11 is 0. The van der Waals surface area contributed by atoms with Gasteiger partial charge in [-0.1, -0.05) is 12.1 Å². The molecule has 0 aliphatic rings. The third-order valence-corrected chi connectivity index (χ3v) is 2.81. The number of nitriles is 1. The van der Waals surface area contributed by atoms with E-state index >= 15 is 0 Å². The minimum absolute atomic E-state index is 0.0436. The molecule has 3 nitrogen and oxygen atoms in total. The van der Waals surface area contributed by atoms with Crippen molar-refractivity contribution in [1.82, 2.24) is 0 Å². The van der Waals surface area contributed by atoms with Crippen molar-refractivity contribution in [2.45, 2.75) is 11.4 Å². The summed E-state index contributed by atoms with van der Waals surface area (Å²) in [5.74, 6) is 0.0436. The second-order valence-electron chi connectivity index (χ2n) is 2.50. The van der Waals surface area contributed by atoms with Crippen LogP contribution in [0.25, 0.3) is 0 Å². The summed E-state index contributed by atoms with van der Waals surface area (Å²) in [6.07, 6.45) is 0. The van der Waals surface area contributed by atoms with Crippen LogP contribution in [0.15, 0.2) is 29.2 Å². The molecule has 0 saturated heterocycles. The zero-order chi connectivity index (χ0) is 9.68. The summed E-state index contributed by atoms with van der Waals surface area (Å²) in [6, 6.07) is 9.01. The van der Waals surface area contributed by atoms with Crippen LogP contribution in [-0.2, 0) is 17.3 Å². The van der Waals surface area contributed by atoms with Crippen LogP contribution in [-0.4, -0.2) is 9.96 Å². The first-order chi connectivity index (χ1) is 6.27. The van der Waals surface area contributed by atoms with Crippen LogP contribution in [0.4, 0.5) is 0 Å². The summed E-state index contributed by atoms with van der Waals surface area (Å²) in [5, 5.41) is 8.34. The van der Waals surface area contributed by atoms with E-state index in [9.17, 15) is 4.21 Å². The average Bonchev–Trinajstić information content (AvgIpc) is 2.18. The largest absolute Gasteiger partial charge is 0.326 e. The number of rotatable bonds is 3. The molecular formula is C9H10N2OS. The lowest BCUT2D eigenvalue weighted by molar-refractivity contribution is 0.685. The summed E-state index contributed by atoms with van der Waals surface area (Å²) < 4.78 is 11.3. The summed E-state index contributed by atoms with van der Waals surface area (Å²) in [4.78, 5) is 0.679. The fourth-order valence-electron chi connectivity index (χ4n) is 0.919. The van der Waals surface area contributed by atoms with Gasteiger partial charge in [0.05, 0.1) is 16.9 Å². The molecule has 68 valence electrons. The molecular weight excluding hydrogens is 184 g/mol. The number of benzene rings is 1. The van der Waals surface area contributed by atoms with Crippen molar-refractivity contribution in [2.75, 3.05) is 5.75 Å². The van der Waals surface area contributed by atoms with Crippen LogP contribution < -0.4 is 5.73 Å². The Kier molecular flexibility index (Phi) is 3.62. The van der Waals surface area contributed by atoms with Gasteiger partial charge in [0.2, 0.25) is 0 Å². The van der Waals surface area contributed by atoms with Gasteiger partial charge >= 0.3 is 0 Å². The van der Waals surface area contributed by atoms with Gasteiger partial charge in [-0.3, -0.25) is 4.21 Å². The van der Waals surface area contributed by atoms with E-state index in [1.165, 1.54) is 0 Å². The molecule has 0 spiro atoms. The van der Waals surface area contributed by atoms with Gasteiger partial charge in [-0.15, -0.1) is 0 Å². The summed E-state index contributed by atoms with van der Waals surface area (Å²) in [7, 11) is -1.20. The molecule has 1 aromatic carbocycles. The fourth-order valence-corrected chi connectivity index (χ4v) is 1.64. The Morgan fingerprint density at radius 1 is 1.38 bits per heavy atom. The van der Waals surface area contributed by atoms with Gasteiger partial charge < -0.3 is 5.73 Å². The first-order valence-corrected chi connectivity index (χ1v) is 5.14. The highest BCUT2D eigenvalue weighted by molar-refractivity contribution is 7.85. The molecule has 0 aliphatic carbocycles. The molecule has 0 saturated carbocycles. The SMILES string of the molecule is N#CCS(=O)c1ccc(CN)cc1. The molecule has 0 aromatic heterocycles. The zero-order valence-electron chi connectivity index (χ0n) is 7.06. The minimum Gasteiger partial charge on any atom is -0.326 e. The Bertz CT molecular complexity index is 340. The Hall–Kier alpha value is -1.18. The smallest absolute Gasteiger partial charge is 0.115 e. The van der Waals surface area contributed by atoms with Crippen molar-refractivity contribution >= 4 is 10.8 Å². The molecule has 4 heteroatoms. The highest BCUT2D eigenvalue weighted by Crippen LogP contribution is 2.08. The minimum atomic E-state index is -1.20. The molecule has 0 amide bonds. The zero-order valence-corrected chi connectivity index (χ0v) is 7.88. The molecule has 1 rings (SSSR count). The monoisotopic (exact) mass is 194 g/mol. The van der Waals surface area contributed by atoms with Crippen molar-refractivity contribution in [3.05, 3.63) is 29.8 Å². The van der Waals surface area contributed by atoms with E-state index in [4.69, 9.17) is 11.0 Å². The molecule has 2 N–H and O–H groups in total. The number of hydrogen-bond donors (Lipinski definition) is 1. The van der Waals surface area contributed by atoms with E-state index in [1.54, 1.807) is 12.1 Å². The van der Waals surface area contributed by atoms with Gasteiger partial charge in [0.25, 0.3) is 0 Å². The van der Waals surface area contributed by atoms with E-state index in [0.29, 0.717) is 11.4 Å². The number of nitrogens with zero attached hydrogens (tertiary/aromatic N) is 1. The van der Waals surface area contributed by atoms with Gasteiger partial charge in [-0.2, -0.15) is 5.26 Å². The van der Waals surface area contributed by atoms with Crippen molar-refractivity contribution < 1.29 is 4.21 Å². The molecule has 13 heavy (non-hydrogen) atoms. The number of hydrogen-bond acceptors (Lipinski definition) is 3. The maximum absolute atomic E-state index is 11.3. The van der Waals surface area contributed by atoms with Crippen molar-refractivity contribution in [3.8, 4) is 6.07 Å². The lowest BCUT2D eigenvalue weighted by Gasteiger charge is -1.99. The van der Waals surface area contributed by atoms with Crippen molar-refractivity contribution in [1.29, 1.82) is 5.26 Å². The molecule has 0 bridgehead atoms. The van der Waals surface area contributed by atoms with Crippen LogP contribution in [0, 0.1) is 11.3 Å². The number of nitrogens with two attached hydrogens (primary N) is 1. The molecule has 0 aliphatic heterocycles. The first-order valence-electron chi connectivity index (χ1n) is 3.82. The maximum atomic E-state index is 11.3. The van der Waals surface area contributed by atoms with Crippen LogP contribution in [0.1, 0.15) is 5.56 Å². The molecule has 1 aromatic rings. The lowest BCUT2D eigenvalue weighted by atomic mass is 10.2. The molecule has 0 radical (unpaired) electrons. The predicted molar refractivity (Wildman–Crippen MR) is 51.2 cm³/mol. The van der Waals surface area contributed by atoms with E-state index < -0.39 is 10.8 Å².